The molecule has 0 radical (unpaired) electrons. The Kier molecular flexibility index (Phi) is 1.34. The number of fused-ring (bicyclic) bond motifs is 2. The van der Waals surface area contributed by atoms with Crippen molar-refractivity contribution in [1.29, 1.82) is 0 Å². The van der Waals surface area contributed by atoms with Crippen molar-refractivity contribution in [2.24, 2.45) is 11.8 Å². The molecule has 0 heterocycles. The summed E-state index contributed by atoms with van der Waals surface area (Å²) < 4.78 is 0. The summed E-state index contributed by atoms with van der Waals surface area (Å²) >= 11 is 0. The van der Waals surface area contributed by atoms with Gasteiger partial charge >= 0.3 is 0 Å². The number of hydrogen-bond donors (Lipinski definition) is 1. The molecule has 1 N–H and O–H groups in total. The Bertz CT molecular complexity index is 172. The molecule has 0 aromatic carbocycles. The minimum absolute atomic E-state index is 0.00931. The smallest absolute Gasteiger partial charge is 0.0608 e. The molecule has 2 aliphatic rings. The van der Waals surface area contributed by atoms with E-state index < -0.39 is 0 Å². The SMILES string of the molecule is C/C=C1/C[C@@H]2C[C@H](O)[C@H]1C2. The Morgan fingerprint density at radius 1 is 1.50 bits per heavy atom. The standard InChI is InChI=1S/C9H14O/c1-2-7-3-6-4-8(7)9(10)5-6/h2,6,8-10H,3-5H2,1H3/b7-2-/t6-,8-,9-/m0/s1. The highest BCUT2D eigenvalue weighted by molar-refractivity contribution is 5.18. The topological polar surface area (TPSA) is 20.2 Å². The fraction of sp³-hybridized carbons (Fsp3) is 0.778. The highest BCUT2D eigenvalue weighted by Gasteiger charge is 2.41. The average Bonchev–Trinajstić information content (AvgIpc) is 2.44. The van der Waals surface area contributed by atoms with Gasteiger partial charge in [0, 0.05) is 5.92 Å². The predicted molar refractivity (Wildman–Crippen MR) is 40.6 cm³/mol. The van der Waals surface area contributed by atoms with Gasteiger partial charge in [-0.05, 0) is 32.1 Å². The van der Waals surface area contributed by atoms with Crippen LogP contribution in [-0.2, 0) is 0 Å². The van der Waals surface area contributed by atoms with Gasteiger partial charge in [0.05, 0.1) is 6.10 Å². The molecule has 0 unspecified atom stereocenters. The molecule has 2 bridgehead atoms. The quantitative estimate of drug-likeness (QED) is 0.505. The molecule has 0 saturated heterocycles. The fourth-order valence-corrected chi connectivity index (χ4v) is 2.50. The molecular formula is C9H14O. The summed E-state index contributed by atoms with van der Waals surface area (Å²) in [6, 6.07) is 0. The molecule has 0 aromatic heterocycles. The Hall–Kier alpha value is -0.300. The van der Waals surface area contributed by atoms with Crippen molar-refractivity contribution < 1.29 is 5.11 Å². The molecule has 2 saturated carbocycles. The molecule has 0 spiro atoms. The Morgan fingerprint density at radius 2 is 2.30 bits per heavy atom. The summed E-state index contributed by atoms with van der Waals surface area (Å²) in [6.45, 7) is 2.09. The van der Waals surface area contributed by atoms with Gasteiger partial charge in [-0.2, -0.15) is 0 Å². The van der Waals surface area contributed by atoms with Crippen LogP contribution in [0, 0.1) is 11.8 Å². The second-order valence-corrected chi connectivity index (χ2v) is 3.58. The van der Waals surface area contributed by atoms with E-state index in [1.54, 1.807) is 0 Å². The minimum atomic E-state index is -0.00931. The lowest BCUT2D eigenvalue weighted by Gasteiger charge is -2.18. The van der Waals surface area contributed by atoms with E-state index in [1.165, 1.54) is 18.4 Å². The molecule has 2 rings (SSSR count). The summed E-state index contributed by atoms with van der Waals surface area (Å²) in [5, 5.41) is 9.48. The van der Waals surface area contributed by atoms with Crippen LogP contribution < -0.4 is 0 Å². The van der Waals surface area contributed by atoms with Crippen molar-refractivity contribution in [1.82, 2.24) is 0 Å². The lowest BCUT2D eigenvalue weighted by Crippen LogP contribution is -2.17. The van der Waals surface area contributed by atoms with Crippen LogP contribution in [0.2, 0.25) is 0 Å². The van der Waals surface area contributed by atoms with Crippen molar-refractivity contribution >= 4 is 0 Å². The van der Waals surface area contributed by atoms with Gasteiger partial charge in [0.2, 0.25) is 0 Å². The van der Waals surface area contributed by atoms with Gasteiger partial charge in [0.25, 0.3) is 0 Å². The third kappa shape index (κ3) is 0.734. The number of allylic oxidation sites excluding steroid dienone is 1. The van der Waals surface area contributed by atoms with Gasteiger partial charge in [0.1, 0.15) is 0 Å². The first kappa shape index (κ1) is 6.41. The van der Waals surface area contributed by atoms with E-state index in [2.05, 4.69) is 13.0 Å². The van der Waals surface area contributed by atoms with Crippen LogP contribution in [0.4, 0.5) is 0 Å². The maximum Gasteiger partial charge on any atom is 0.0608 e. The fourth-order valence-electron chi connectivity index (χ4n) is 2.50. The molecule has 56 valence electrons. The first-order chi connectivity index (χ1) is 4.81. The van der Waals surface area contributed by atoms with E-state index in [9.17, 15) is 5.11 Å². The second kappa shape index (κ2) is 2.09. The van der Waals surface area contributed by atoms with Crippen molar-refractivity contribution in [3.8, 4) is 0 Å². The second-order valence-electron chi connectivity index (χ2n) is 3.58. The Morgan fingerprint density at radius 3 is 2.70 bits per heavy atom. The van der Waals surface area contributed by atoms with Crippen LogP contribution in [-0.4, -0.2) is 11.2 Å². The molecule has 3 atom stereocenters. The van der Waals surface area contributed by atoms with Crippen LogP contribution in [0.3, 0.4) is 0 Å². The van der Waals surface area contributed by atoms with Gasteiger partial charge < -0.3 is 5.11 Å². The number of rotatable bonds is 0. The predicted octanol–water partition coefficient (Wildman–Crippen LogP) is 1.72. The third-order valence-corrected chi connectivity index (χ3v) is 3.00. The first-order valence-corrected chi connectivity index (χ1v) is 4.14. The van der Waals surface area contributed by atoms with Gasteiger partial charge in [-0.25, -0.2) is 0 Å². The monoisotopic (exact) mass is 138 g/mol. The van der Waals surface area contributed by atoms with Crippen LogP contribution in [0.1, 0.15) is 26.2 Å². The molecule has 1 nitrogen and oxygen atoms in total. The number of aliphatic hydroxyl groups excluding tert-OH is 1. The summed E-state index contributed by atoms with van der Waals surface area (Å²) in [6.07, 6.45) is 5.75. The molecule has 2 fully saturated rings. The van der Waals surface area contributed by atoms with Gasteiger partial charge in [-0.15, -0.1) is 0 Å². The van der Waals surface area contributed by atoms with E-state index in [4.69, 9.17) is 0 Å². The van der Waals surface area contributed by atoms with Crippen LogP contribution >= 0.6 is 0 Å². The van der Waals surface area contributed by atoms with Gasteiger partial charge in [-0.1, -0.05) is 11.6 Å². The Balaban J connectivity index is 2.20. The van der Waals surface area contributed by atoms with Crippen molar-refractivity contribution in [3.63, 3.8) is 0 Å². The zero-order valence-corrected chi connectivity index (χ0v) is 6.38. The van der Waals surface area contributed by atoms with Crippen LogP contribution in [0.5, 0.6) is 0 Å². The summed E-state index contributed by atoms with van der Waals surface area (Å²) in [4.78, 5) is 0. The molecule has 0 aliphatic heterocycles. The average molecular weight is 138 g/mol. The molecule has 0 amide bonds. The van der Waals surface area contributed by atoms with Crippen molar-refractivity contribution in [2.75, 3.05) is 0 Å². The summed E-state index contributed by atoms with van der Waals surface area (Å²) in [7, 11) is 0. The van der Waals surface area contributed by atoms with E-state index in [1.807, 2.05) is 0 Å². The zero-order chi connectivity index (χ0) is 7.14. The van der Waals surface area contributed by atoms with E-state index >= 15 is 0 Å². The van der Waals surface area contributed by atoms with Crippen LogP contribution in [0.15, 0.2) is 11.6 Å². The third-order valence-electron chi connectivity index (χ3n) is 3.00. The molecule has 1 heteroatoms. The number of hydrogen-bond acceptors (Lipinski definition) is 1. The normalized spacial score (nSPS) is 49.0. The van der Waals surface area contributed by atoms with E-state index in [0.29, 0.717) is 5.92 Å². The highest BCUT2D eigenvalue weighted by Crippen LogP contribution is 2.47. The summed E-state index contributed by atoms with van der Waals surface area (Å²) in [5.74, 6) is 1.35. The Labute approximate surface area is 61.8 Å². The number of aliphatic hydroxyl groups is 1. The zero-order valence-electron chi connectivity index (χ0n) is 6.38. The van der Waals surface area contributed by atoms with Gasteiger partial charge in [0.15, 0.2) is 0 Å². The molecule has 10 heavy (non-hydrogen) atoms. The van der Waals surface area contributed by atoms with E-state index in [0.717, 1.165) is 12.3 Å². The molecule has 0 aromatic rings. The maximum absolute atomic E-state index is 9.48. The molecule has 2 aliphatic carbocycles. The largest absolute Gasteiger partial charge is 0.392 e. The van der Waals surface area contributed by atoms with Gasteiger partial charge in [-0.3, -0.25) is 0 Å². The lowest BCUT2D eigenvalue weighted by atomic mass is 9.92. The van der Waals surface area contributed by atoms with Crippen molar-refractivity contribution in [3.05, 3.63) is 11.6 Å². The minimum Gasteiger partial charge on any atom is -0.392 e. The first-order valence-electron chi connectivity index (χ1n) is 4.14. The molecular weight excluding hydrogens is 124 g/mol. The van der Waals surface area contributed by atoms with Crippen LogP contribution in [0.25, 0.3) is 0 Å². The summed E-state index contributed by atoms with van der Waals surface area (Å²) in [5.41, 5.74) is 1.50. The lowest BCUT2D eigenvalue weighted by molar-refractivity contribution is 0.135. The highest BCUT2D eigenvalue weighted by atomic mass is 16.3. The maximum atomic E-state index is 9.48. The van der Waals surface area contributed by atoms with E-state index in [-0.39, 0.29) is 6.10 Å². The van der Waals surface area contributed by atoms with Crippen molar-refractivity contribution in [2.45, 2.75) is 32.3 Å².